The third kappa shape index (κ3) is 4.83. The molecule has 5 nitrogen and oxygen atoms in total. The molecular weight excluding hydrogens is 288 g/mol. The Kier molecular flexibility index (Phi) is 5.11. The van der Waals surface area contributed by atoms with Crippen LogP contribution in [0.3, 0.4) is 0 Å². The minimum absolute atomic E-state index is 0.0333. The van der Waals surface area contributed by atoms with Gasteiger partial charge in [-0.05, 0) is 26.2 Å². The molecule has 120 valence electrons. The fraction of sp³-hybridized carbons (Fsp3) is 0.733. The fourth-order valence-corrected chi connectivity index (χ4v) is 3.87. The van der Waals surface area contributed by atoms with Gasteiger partial charge in [0.15, 0.2) is 0 Å². The highest BCUT2D eigenvalue weighted by Gasteiger charge is 2.28. The molecule has 0 spiro atoms. The molecule has 21 heavy (non-hydrogen) atoms. The molecule has 1 unspecified atom stereocenters. The van der Waals surface area contributed by atoms with E-state index >= 15 is 0 Å². The first-order chi connectivity index (χ1) is 9.78. The Bertz CT molecular complexity index is 574. The summed E-state index contributed by atoms with van der Waals surface area (Å²) in [5, 5.41) is 3.22. The lowest BCUT2D eigenvalue weighted by Gasteiger charge is -2.13. The maximum Gasteiger partial charge on any atom is 0.244 e. The number of aryl methyl sites for hydroxylation is 1. The van der Waals surface area contributed by atoms with E-state index in [0.29, 0.717) is 30.0 Å². The molecule has 0 radical (unpaired) electrons. The molecule has 1 fully saturated rings. The molecule has 2 N–H and O–H groups in total. The van der Waals surface area contributed by atoms with Crippen LogP contribution in [0, 0.1) is 12.8 Å². The van der Waals surface area contributed by atoms with Crippen LogP contribution in [0.15, 0.2) is 15.4 Å². The van der Waals surface area contributed by atoms with Crippen molar-refractivity contribution in [3.05, 3.63) is 17.6 Å². The highest BCUT2D eigenvalue weighted by molar-refractivity contribution is 7.89. The summed E-state index contributed by atoms with van der Waals surface area (Å²) in [7, 11) is -3.50. The number of rotatable bonds is 8. The van der Waals surface area contributed by atoms with E-state index in [0.717, 1.165) is 6.42 Å². The van der Waals surface area contributed by atoms with Crippen molar-refractivity contribution in [2.45, 2.75) is 70.5 Å². The highest BCUT2D eigenvalue weighted by atomic mass is 32.2. The first kappa shape index (κ1) is 16.5. The van der Waals surface area contributed by atoms with E-state index in [4.69, 9.17) is 4.42 Å². The van der Waals surface area contributed by atoms with Crippen molar-refractivity contribution in [2.24, 2.45) is 5.92 Å². The molecular formula is C15H26N2O3S. The first-order valence-electron chi connectivity index (χ1n) is 7.63. The number of hydrogen-bond donors (Lipinski definition) is 2. The lowest BCUT2D eigenvalue weighted by Crippen LogP contribution is -2.33. The van der Waals surface area contributed by atoms with E-state index in [1.54, 1.807) is 13.0 Å². The van der Waals surface area contributed by atoms with Crippen LogP contribution >= 0.6 is 0 Å². The smallest absolute Gasteiger partial charge is 0.244 e. The largest absolute Gasteiger partial charge is 0.464 e. The summed E-state index contributed by atoms with van der Waals surface area (Å²) in [4.78, 5) is 0.255. The zero-order valence-corrected chi connectivity index (χ0v) is 14.1. The Morgan fingerprint density at radius 3 is 2.57 bits per heavy atom. The number of hydrogen-bond acceptors (Lipinski definition) is 4. The van der Waals surface area contributed by atoms with E-state index in [1.165, 1.54) is 12.8 Å². The topological polar surface area (TPSA) is 71.3 Å². The highest BCUT2D eigenvalue weighted by Crippen LogP contribution is 2.33. The Labute approximate surface area is 127 Å². The number of nitrogens with one attached hydrogen (secondary N) is 2. The molecule has 1 aliphatic carbocycles. The minimum atomic E-state index is -3.50. The normalized spacial score (nSPS) is 17.4. The lowest BCUT2D eigenvalue weighted by atomic mass is 10.2. The van der Waals surface area contributed by atoms with Crippen molar-refractivity contribution in [3.8, 4) is 0 Å². The van der Waals surface area contributed by atoms with Gasteiger partial charge in [0, 0.05) is 18.2 Å². The van der Waals surface area contributed by atoms with Gasteiger partial charge < -0.3 is 9.73 Å². The standard InChI is InChI=1S/C15H26N2O3S/c1-10(2)16-9-14-8-15(12(4)20-14)21(18,19)17-11(3)7-13-5-6-13/h8,10-11,13,16-17H,5-7,9H2,1-4H3. The summed E-state index contributed by atoms with van der Waals surface area (Å²) in [5.74, 6) is 1.79. The van der Waals surface area contributed by atoms with Crippen molar-refractivity contribution in [1.82, 2.24) is 10.0 Å². The molecule has 1 saturated carbocycles. The summed E-state index contributed by atoms with van der Waals surface area (Å²) >= 11 is 0. The van der Waals surface area contributed by atoms with Gasteiger partial charge in [0.1, 0.15) is 16.4 Å². The van der Waals surface area contributed by atoms with E-state index in [-0.39, 0.29) is 10.9 Å². The quantitative estimate of drug-likeness (QED) is 0.773. The van der Waals surface area contributed by atoms with Crippen molar-refractivity contribution in [3.63, 3.8) is 0 Å². The fourth-order valence-electron chi connectivity index (χ4n) is 2.41. The first-order valence-corrected chi connectivity index (χ1v) is 9.11. The summed E-state index contributed by atoms with van der Waals surface area (Å²) in [5.41, 5.74) is 0. The van der Waals surface area contributed by atoms with Crippen molar-refractivity contribution in [1.29, 1.82) is 0 Å². The summed E-state index contributed by atoms with van der Waals surface area (Å²) < 4.78 is 33.1. The summed E-state index contributed by atoms with van der Waals surface area (Å²) in [6.07, 6.45) is 3.36. The Morgan fingerprint density at radius 1 is 1.33 bits per heavy atom. The second kappa shape index (κ2) is 6.50. The molecule has 1 aliphatic rings. The van der Waals surface area contributed by atoms with Gasteiger partial charge in [-0.15, -0.1) is 0 Å². The van der Waals surface area contributed by atoms with Crippen LogP contribution in [0.1, 0.15) is 51.6 Å². The minimum Gasteiger partial charge on any atom is -0.464 e. The maximum atomic E-state index is 12.4. The predicted molar refractivity (Wildman–Crippen MR) is 82.5 cm³/mol. The molecule has 1 heterocycles. The van der Waals surface area contributed by atoms with Gasteiger partial charge in [0.25, 0.3) is 0 Å². The van der Waals surface area contributed by atoms with Crippen molar-refractivity contribution >= 4 is 10.0 Å². The van der Waals surface area contributed by atoms with Crippen LogP contribution in [0.25, 0.3) is 0 Å². The van der Waals surface area contributed by atoms with Crippen molar-refractivity contribution in [2.75, 3.05) is 0 Å². The zero-order chi connectivity index (χ0) is 15.6. The molecule has 0 aromatic carbocycles. The van der Waals surface area contributed by atoms with Crippen molar-refractivity contribution < 1.29 is 12.8 Å². The molecule has 0 saturated heterocycles. The molecule has 0 bridgehead atoms. The van der Waals surface area contributed by atoms with Gasteiger partial charge in [0.05, 0.1) is 6.54 Å². The second-order valence-electron chi connectivity index (χ2n) is 6.37. The molecule has 2 rings (SSSR count). The molecule has 0 aliphatic heterocycles. The lowest BCUT2D eigenvalue weighted by molar-refractivity contribution is 0.443. The molecule has 1 aromatic heterocycles. The van der Waals surface area contributed by atoms with Crippen LogP contribution in [0.5, 0.6) is 0 Å². The molecule has 0 amide bonds. The van der Waals surface area contributed by atoms with Gasteiger partial charge >= 0.3 is 0 Å². The zero-order valence-electron chi connectivity index (χ0n) is 13.3. The summed E-state index contributed by atoms with van der Waals surface area (Å²) in [6.45, 7) is 8.22. The number of furan rings is 1. The Balaban J connectivity index is 2.04. The van der Waals surface area contributed by atoms with E-state index < -0.39 is 10.0 Å². The monoisotopic (exact) mass is 314 g/mol. The SMILES string of the molecule is Cc1oc(CNC(C)C)cc1S(=O)(=O)NC(C)CC1CC1. The van der Waals surface area contributed by atoms with Gasteiger partial charge in [-0.3, -0.25) is 0 Å². The van der Waals surface area contributed by atoms with Crippen LogP contribution in [0.2, 0.25) is 0 Å². The predicted octanol–water partition coefficient (Wildman–Crippen LogP) is 2.55. The van der Waals surface area contributed by atoms with Gasteiger partial charge in [-0.25, -0.2) is 13.1 Å². The second-order valence-corrected chi connectivity index (χ2v) is 8.05. The van der Waals surface area contributed by atoms with Gasteiger partial charge in [0.2, 0.25) is 10.0 Å². The third-order valence-corrected chi connectivity index (χ3v) is 5.33. The van der Waals surface area contributed by atoms with E-state index in [9.17, 15) is 8.42 Å². The van der Waals surface area contributed by atoms with Crippen LogP contribution < -0.4 is 10.0 Å². The average Bonchev–Trinajstić information content (AvgIpc) is 3.06. The number of sulfonamides is 1. The van der Waals surface area contributed by atoms with Crippen LogP contribution in [-0.2, 0) is 16.6 Å². The molecule has 1 aromatic rings. The van der Waals surface area contributed by atoms with Gasteiger partial charge in [-0.1, -0.05) is 26.7 Å². The average molecular weight is 314 g/mol. The third-order valence-electron chi connectivity index (χ3n) is 3.64. The Hall–Kier alpha value is -0.850. The van der Waals surface area contributed by atoms with Crippen LogP contribution in [0.4, 0.5) is 0 Å². The van der Waals surface area contributed by atoms with E-state index in [1.807, 2.05) is 20.8 Å². The van der Waals surface area contributed by atoms with Gasteiger partial charge in [-0.2, -0.15) is 0 Å². The molecule has 6 heteroatoms. The van der Waals surface area contributed by atoms with Crippen LogP contribution in [-0.4, -0.2) is 20.5 Å². The molecule has 1 atom stereocenters. The Morgan fingerprint density at radius 2 is 2.00 bits per heavy atom. The maximum absolute atomic E-state index is 12.4. The van der Waals surface area contributed by atoms with E-state index in [2.05, 4.69) is 10.0 Å². The summed E-state index contributed by atoms with van der Waals surface area (Å²) in [6, 6.07) is 1.91.